The summed E-state index contributed by atoms with van der Waals surface area (Å²) in [4.78, 5) is 19.0. The van der Waals surface area contributed by atoms with Gasteiger partial charge in [0.25, 0.3) is 0 Å². The summed E-state index contributed by atoms with van der Waals surface area (Å²) in [6.07, 6.45) is 1.88. The number of likely N-dealkylation sites (tertiary alicyclic amines) is 1. The van der Waals surface area contributed by atoms with Crippen LogP contribution in [0.4, 0.5) is 15.5 Å². The lowest BCUT2D eigenvalue weighted by Crippen LogP contribution is -2.41. The number of anilines is 2. The van der Waals surface area contributed by atoms with E-state index in [1.165, 1.54) is 15.6 Å². The zero-order valence-electron chi connectivity index (χ0n) is 16.4. The molecule has 1 aromatic carbocycles. The van der Waals surface area contributed by atoms with Gasteiger partial charge in [-0.05, 0) is 61.4 Å². The number of piperidine rings is 1. The number of nitrogens with zero attached hydrogens (tertiary/aromatic N) is 3. The molecule has 162 valence electrons. The minimum atomic E-state index is -2.54. The normalized spacial score (nSPS) is 15.5. The Morgan fingerprint density at radius 1 is 1.16 bits per heavy atom. The van der Waals surface area contributed by atoms with Gasteiger partial charge in [0, 0.05) is 19.3 Å². The summed E-state index contributed by atoms with van der Waals surface area (Å²) in [6.45, 7) is 0.885. The number of rotatable bonds is 5. The quantitative estimate of drug-likeness (QED) is 0.585. The molecular weight excluding hydrogens is 438 g/mol. The number of benzene rings is 1. The average molecular weight is 459 g/mol. The molecule has 1 aliphatic rings. The van der Waals surface area contributed by atoms with Gasteiger partial charge in [-0.1, -0.05) is 6.07 Å². The second kappa shape index (κ2) is 9.56. The zero-order chi connectivity index (χ0) is 21.8. The zero-order valence-corrected chi connectivity index (χ0v) is 18.1. The van der Waals surface area contributed by atoms with E-state index in [1.54, 1.807) is 41.4 Å². The highest BCUT2D eigenvalue weighted by atomic mass is 32.2. The van der Waals surface area contributed by atoms with Gasteiger partial charge in [-0.3, -0.25) is 13.5 Å². The highest BCUT2D eigenvalue weighted by molar-refractivity contribution is 7.81. The molecule has 1 N–H and O–H groups in total. The minimum absolute atomic E-state index is 0.317. The minimum Gasteiger partial charge on any atom is -0.755 e. The maximum Gasteiger partial charge on any atom is 0.415 e. The molecule has 1 fully saturated rings. The first-order valence-corrected chi connectivity index (χ1v) is 11.5. The standard InChI is InChI=1S/C21H21N3O5S2/c25-16-10-13-23(14-11-16)21(26)29-17-6-4-15(5-7-17)24(31(27)28)20-9-8-19(30-20)18-3-1-2-12-22-18/h1-9,12,16,25H,10-11,13-14H2,(H,27,28)/p-1. The average Bonchev–Trinajstić information content (AvgIpc) is 3.25. The van der Waals surface area contributed by atoms with E-state index in [2.05, 4.69) is 4.98 Å². The van der Waals surface area contributed by atoms with Crippen molar-refractivity contribution in [2.45, 2.75) is 18.9 Å². The monoisotopic (exact) mass is 458 g/mol. The van der Waals surface area contributed by atoms with Crippen LogP contribution in [0.3, 0.4) is 0 Å². The number of aliphatic hydroxyl groups is 1. The number of thiophene rings is 1. The number of aliphatic hydroxyl groups excluding tert-OH is 1. The Labute approximate surface area is 186 Å². The van der Waals surface area contributed by atoms with Crippen LogP contribution in [-0.4, -0.2) is 49.0 Å². The van der Waals surface area contributed by atoms with Crippen molar-refractivity contribution in [2.75, 3.05) is 17.4 Å². The summed E-state index contributed by atoms with van der Waals surface area (Å²) >= 11 is -1.23. The lowest BCUT2D eigenvalue weighted by molar-refractivity contribution is 0.0798. The van der Waals surface area contributed by atoms with Crippen LogP contribution >= 0.6 is 11.3 Å². The van der Waals surface area contributed by atoms with E-state index >= 15 is 0 Å². The van der Waals surface area contributed by atoms with Crippen molar-refractivity contribution in [3.8, 4) is 16.3 Å². The van der Waals surface area contributed by atoms with Crippen molar-refractivity contribution in [3.05, 3.63) is 60.8 Å². The molecule has 0 spiro atoms. The van der Waals surface area contributed by atoms with Crippen molar-refractivity contribution in [2.24, 2.45) is 0 Å². The van der Waals surface area contributed by atoms with Crippen molar-refractivity contribution in [1.82, 2.24) is 9.88 Å². The molecule has 1 saturated heterocycles. The summed E-state index contributed by atoms with van der Waals surface area (Å²) in [5.74, 6) is 0.317. The molecule has 1 aliphatic heterocycles. The van der Waals surface area contributed by atoms with Crippen molar-refractivity contribution in [3.63, 3.8) is 0 Å². The van der Waals surface area contributed by atoms with E-state index in [9.17, 15) is 18.7 Å². The molecule has 1 amide bonds. The number of carbonyl (C=O) groups is 1. The number of amides is 1. The summed E-state index contributed by atoms with van der Waals surface area (Å²) in [6, 6.07) is 15.4. The molecule has 1 unspecified atom stereocenters. The number of hydrogen-bond donors (Lipinski definition) is 1. The number of aromatic nitrogens is 1. The Morgan fingerprint density at radius 3 is 2.55 bits per heavy atom. The molecule has 4 rings (SSSR count). The topological polar surface area (TPSA) is 106 Å². The first-order chi connectivity index (χ1) is 15.0. The Kier molecular flexibility index (Phi) is 6.62. The van der Waals surface area contributed by atoms with Gasteiger partial charge in [0.05, 0.1) is 33.6 Å². The first-order valence-electron chi connectivity index (χ1n) is 9.67. The molecular formula is C21H20N3O5S2-. The Balaban J connectivity index is 1.48. The van der Waals surface area contributed by atoms with Crippen LogP contribution in [-0.2, 0) is 11.3 Å². The largest absolute Gasteiger partial charge is 0.755 e. The predicted molar refractivity (Wildman–Crippen MR) is 118 cm³/mol. The molecule has 8 nitrogen and oxygen atoms in total. The van der Waals surface area contributed by atoms with Crippen molar-refractivity contribution in [1.29, 1.82) is 0 Å². The molecule has 0 aliphatic carbocycles. The molecule has 3 aromatic rings. The number of hydrogen-bond acceptors (Lipinski definition) is 7. The van der Waals surface area contributed by atoms with E-state index in [1.807, 2.05) is 24.3 Å². The van der Waals surface area contributed by atoms with E-state index in [0.717, 1.165) is 10.6 Å². The van der Waals surface area contributed by atoms with Gasteiger partial charge in [-0.15, -0.1) is 11.3 Å². The maximum atomic E-state index is 12.3. The van der Waals surface area contributed by atoms with Gasteiger partial charge >= 0.3 is 6.09 Å². The Bertz CT molecular complexity index is 1050. The third-order valence-electron chi connectivity index (χ3n) is 4.86. The lowest BCUT2D eigenvalue weighted by atomic mass is 10.1. The summed E-state index contributed by atoms with van der Waals surface area (Å²) in [5.41, 5.74) is 1.19. The summed E-state index contributed by atoms with van der Waals surface area (Å²) in [7, 11) is 0. The van der Waals surface area contributed by atoms with E-state index in [-0.39, 0.29) is 6.10 Å². The molecule has 0 radical (unpaired) electrons. The van der Waals surface area contributed by atoms with Crippen LogP contribution in [0.2, 0.25) is 0 Å². The molecule has 0 bridgehead atoms. The maximum absolute atomic E-state index is 12.3. The van der Waals surface area contributed by atoms with Gasteiger partial charge in [-0.2, -0.15) is 0 Å². The Hall–Kier alpha value is -2.79. The number of ether oxygens (including phenoxy) is 1. The third kappa shape index (κ3) is 5.10. The van der Waals surface area contributed by atoms with Gasteiger partial charge in [-0.25, -0.2) is 4.79 Å². The lowest BCUT2D eigenvalue weighted by Gasteiger charge is -2.28. The number of pyridine rings is 1. The van der Waals surface area contributed by atoms with Crippen LogP contribution in [0.15, 0.2) is 60.8 Å². The molecule has 2 aromatic heterocycles. The van der Waals surface area contributed by atoms with Crippen molar-refractivity contribution >= 4 is 39.4 Å². The van der Waals surface area contributed by atoms with E-state index < -0.39 is 17.4 Å². The second-order valence-electron chi connectivity index (χ2n) is 6.94. The smallest absolute Gasteiger partial charge is 0.415 e. The fourth-order valence-corrected chi connectivity index (χ4v) is 4.94. The number of carbonyl (C=O) groups excluding carboxylic acids is 1. The van der Waals surface area contributed by atoms with Crippen LogP contribution in [0, 0.1) is 0 Å². The van der Waals surface area contributed by atoms with Gasteiger partial charge in [0.15, 0.2) is 0 Å². The molecule has 31 heavy (non-hydrogen) atoms. The van der Waals surface area contributed by atoms with Crippen LogP contribution in [0.5, 0.6) is 5.75 Å². The predicted octanol–water partition coefficient (Wildman–Crippen LogP) is 3.70. The van der Waals surface area contributed by atoms with Gasteiger partial charge < -0.3 is 19.3 Å². The second-order valence-corrected chi connectivity index (χ2v) is 8.81. The van der Waals surface area contributed by atoms with E-state index in [0.29, 0.717) is 42.4 Å². The van der Waals surface area contributed by atoms with Crippen LogP contribution < -0.4 is 9.04 Å². The van der Waals surface area contributed by atoms with Crippen LogP contribution in [0.25, 0.3) is 10.6 Å². The summed E-state index contributed by atoms with van der Waals surface area (Å²) in [5, 5.41) is 10.1. The highest BCUT2D eigenvalue weighted by Gasteiger charge is 2.23. The fourth-order valence-electron chi connectivity index (χ4n) is 3.23. The van der Waals surface area contributed by atoms with Crippen LogP contribution in [0.1, 0.15) is 12.8 Å². The first kappa shape index (κ1) is 21.4. The SMILES string of the molecule is O=C(Oc1ccc(N(c2ccc(-c3ccccn3)s2)S(=O)[O-])cc1)N1CCC(O)CC1. The Morgan fingerprint density at radius 2 is 1.90 bits per heavy atom. The van der Waals surface area contributed by atoms with E-state index in [4.69, 9.17) is 4.74 Å². The van der Waals surface area contributed by atoms with Gasteiger partial charge in [0.1, 0.15) is 10.8 Å². The summed E-state index contributed by atoms with van der Waals surface area (Å²) < 4.78 is 30.4. The highest BCUT2D eigenvalue weighted by Crippen LogP contribution is 2.37. The third-order valence-corrected chi connectivity index (χ3v) is 6.77. The molecule has 0 saturated carbocycles. The van der Waals surface area contributed by atoms with Crippen molar-refractivity contribution < 1.29 is 23.4 Å². The fraction of sp³-hybridized carbons (Fsp3) is 0.238. The molecule has 3 heterocycles. The molecule has 10 heteroatoms. The van der Waals surface area contributed by atoms with Gasteiger partial charge in [0.2, 0.25) is 0 Å². The molecule has 1 atom stereocenters.